The van der Waals surface area contributed by atoms with Crippen molar-refractivity contribution >= 4 is 55.3 Å². The summed E-state index contributed by atoms with van der Waals surface area (Å²) in [6, 6.07) is 53.5. The molecule has 0 N–H and O–H groups in total. The molecule has 0 aliphatic carbocycles. The fraction of sp³-hybridized carbons (Fsp3) is 0. The minimum atomic E-state index is 0.0764. The first-order chi connectivity index (χ1) is 22.3. The number of benzene rings is 7. The van der Waals surface area contributed by atoms with Gasteiger partial charge < -0.3 is 0 Å². The van der Waals surface area contributed by atoms with Gasteiger partial charge in [-0.05, 0) is 0 Å². The van der Waals surface area contributed by atoms with E-state index in [1.165, 1.54) is 52.0 Å². The number of hydrogen-bond acceptors (Lipinski definition) is 3. The molecule has 9 aromatic rings. The predicted molar refractivity (Wildman–Crippen MR) is 189 cm³/mol. The van der Waals surface area contributed by atoms with E-state index in [4.69, 9.17) is 15.0 Å². The molecule has 0 spiro atoms. The average molecular weight is 639 g/mol. The normalized spacial score (nSPS) is 11.6. The van der Waals surface area contributed by atoms with Crippen molar-refractivity contribution in [2.45, 2.75) is 0 Å². The second-order valence-electron chi connectivity index (χ2n) is 11.2. The standard InChI is InChI=1S/C41H25N3Se/c1-4-13-27(14-5-1)36-34(41-43-39(29-15-6-2-7-16-29)42-40(44-41)30-17-8-3-9-18-30)25-24-33-32-23-22-28-21-20-26-12-10-11-19-31(26)35(28)37(32)45-38(33)36/h1-25H. The number of nitrogens with zero attached hydrogens (tertiary/aromatic N) is 3. The van der Waals surface area contributed by atoms with Gasteiger partial charge in [0.15, 0.2) is 0 Å². The molecule has 0 aliphatic heterocycles. The van der Waals surface area contributed by atoms with Gasteiger partial charge in [-0.2, -0.15) is 0 Å². The van der Waals surface area contributed by atoms with E-state index in [0.717, 1.165) is 16.7 Å². The summed E-state index contributed by atoms with van der Waals surface area (Å²) in [4.78, 5) is 15.2. The van der Waals surface area contributed by atoms with Gasteiger partial charge in [-0.15, -0.1) is 0 Å². The molecule has 0 aliphatic rings. The zero-order valence-electron chi connectivity index (χ0n) is 24.2. The topological polar surface area (TPSA) is 38.7 Å². The summed E-state index contributed by atoms with van der Waals surface area (Å²) in [5.74, 6) is 2.03. The van der Waals surface area contributed by atoms with Crippen molar-refractivity contribution in [1.82, 2.24) is 15.0 Å². The van der Waals surface area contributed by atoms with Crippen LogP contribution in [0.25, 0.3) is 86.1 Å². The van der Waals surface area contributed by atoms with Gasteiger partial charge in [-0.1, -0.05) is 0 Å². The molecule has 0 saturated carbocycles. The molecule has 9 rings (SSSR count). The maximum absolute atomic E-state index is 5.14. The summed E-state index contributed by atoms with van der Waals surface area (Å²) in [6.45, 7) is 0. The molecule has 0 atom stereocenters. The monoisotopic (exact) mass is 639 g/mol. The summed E-state index contributed by atoms with van der Waals surface area (Å²) in [5, 5.41) is 7.91. The average Bonchev–Trinajstić information content (AvgIpc) is 3.51. The third kappa shape index (κ3) is 4.38. The van der Waals surface area contributed by atoms with E-state index in [1.54, 1.807) is 0 Å². The van der Waals surface area contributed by atoms with Crippen LogP contribution >= 0.6 is 0 Å². The van der Waals surface area contributed by atoms with Gasteiger partial charge in [0.2, 0.25) is 0 Å². The van der Waals surface area contributed by atoms with Crippen molar-refractivity contribution in [2.75, 3.05) is 0 Å². The molecule has 2 aromatic heterocycles. The number of fused-ring (bicyclic) bond motifs is 7. The molecule has 2 heterocycles. The summed E-state index contributed by atoms with van der Waals surface area (Å²) in [5.41, 5.74) is 5.35. The van der Waals surface area contributed by atoms with Crippen LogP contribution in [0.15, 0.2) is 152 Å². The maximum atomic E-state index is 5.14. The molecule has 0 fully saturated rings. The Morgan fingerprint density at radius 2 is 0.867 bits per heavy atom. The van der Waals surface area contributed by atoms with Gasteiger partial charge in [0, 0.05) is 0 Å². The molecule has 4 heteroatoms. The van der Waals surface area contributed by atoms with Crippen LogP contribution in [0.4, 0.5) is 0 Å². The first kappa shape index (κ1) is 26.0. The van der Waals surface area contributed by atoms with Gasteiger partial charge in [0.1, 0.15) is 0 Å². The summed E-state index contributed by atoms with van der Waals surface area (Å²) < 4.78 is 2.83. The molecule has 0 bridgehead atoms. The first-order valence-electron chi connectivity index (χ1n) is 15.0. The van der Waals surface area contributed by atoms with E-state index >= 15 is 0 Å². The molecule has 210 valence electrons. The SMILES string of the molecule is c1ccc(-c2nc(-c3ccccc3)nc(-c3ccc4c([se]c5c4ccc4ccc6ccccc6c45)c3-c3ccccc3)n2)cc1. The van der Waals surface area contributed by atoms with E-state index in [0.29, 0.717) is 17.5 Å². The van der Waals surface area contributed by atoms with E-state index in [9.17, 15) is 0 Å². The molecule has 0 unspecified atom stereocenters. The quantitative estimate of drug-likeness (QED) is 0.142. The van der Waals surface area contributed by atoms with Gasteiger partial charge in [-0.3, -0.25) is 0 Å². The molecular weight excluding hydrogens is 613 g/mol. The molecule has 0 radical (unpaired) electrons. The molecule has 45 heavy (non-hydrogen) atoms. The van der Waals surface area contributed by atoms with Crippen molar-refractivity contribution in [2.24, 2.45) is 0 Å². The Kier molecular flexibility index (Phi) is 6.15. The number of rotatable bonds is 4. The van der Waals surface area contributed by atoms with Crippen molar-refractivity contribution < 1.29 is 0 Å². The Hall–Kier alpha value is -5.41. The van der Waals surface area contributed by atoms with Crippen LogP contribution < -0.4 is 0 Å². The van der Waals surface area contributed by atoms with Crippen LogP contribution in [0.1, 0.15) is 0 Å². The second kappa shape index (κ2) is 10.6. The zero-order chi connectivity index (χ0) is 29.7. The van der Waals surface area contributed by atoms with Crippen LogP contribution in [0, 0.1) is 0 Å². The molecular formula is C41H25N3Se. The third-order valence-electron chi connectivity index (χ3n) is 8.52. The van der Waals surface area contributed by atoms with Crippen LogP contribution in [-0.4, -0.2) is 29.5 Å². The fourth-order valence-electron chi connectivity index (χ4n) is 6.39. The Balaban J connectivity index is 1.38. The first-order valence-corrected chi connectivity index (χ1v) is 16.8. The van der Waals surface area contributed by atoms with E-state index < -0.39 is 0 Å². The summed E-state index contributed by atoms with van der Waals surface area (Å²) in [6.07, 6.45) is 0. The van der Waals surface area contributed by atoms with Gasteiger partial charge >= 0.3 is 267 Å². The predicted octanol–water partition coefficient (Wildman–Crippen LogP) is 10.2. The van der Waals surface area contributed by atoms with Crippen LogP contribution in [-0.2, 0) is 0 Å². The second-order valence-corrected chi connectivity index (χ2v) is 13.3. The molecule has 0 amide bonds. The third-order valence-corrected chi connectivity index (χ3v) is 11.2. The van der Waals surface area contributed by atoms with Crippen molar-refractivity contribution in [1.29, 1.82) is 0 Å². The molecule has 7 aromatic carbocycles. The van der Waals surface area contributed by atoms with Crippen LogP contribution in [0.2, 0.25) is 0 Å². The summed E-state index contributed by atoms with van der Waals surface area (Å²) in [7, 11) is 0. The minimum absolute atomic E-state index is 0.0764. The van der Waals surface area contributed by atoms with E-state index in [-0.39, 0.29) is 14.5 Å². The fourth-order valence-corrected chi connectivity index (χ4v) is 9.41. The van der Waals surface area contributed by atoms with Gasteiger partial charge in [0.25, 0.3) is 0 Å². The van der Waals surface area contributed by atoms with Crippen molar-refractivity contribution in [3.05, 3.63) is 152 Å². The Bertz CT molecular complexity index is 2460. The van der Waals surface area contributed by atoms with Crippen molar-refractivity contribution in [3.63, 3.8) is 0 Å². The number of aromatic nitrogens is 3. The molecule has 3 nitrogen and oxygen atoms in total. The Labute approximate surface area is 266 Å². The van der Waals surface area contributed by atoms with Crippen LogP contribution in [0.3, 0.4) is 0 Å². The van der Waals surface area contributed by atoms with Crippen molar-refractivity contribution in [3.8, 4) is 45.3 Å². The van der Waals surface area contributed by atoms with E-state index in [1.807, 2.05) is 36.4 Å². The number of hydrogen-bond donors (Lipinski definition) is 0. The Morgan fingerprint density at radius 3 is 1.56 bits per heavy atom. The summed E-state index contributed by atoms with van der Waals surface area (Å²) >= 11 is 0.0764. The van der Waals surface area contributed by atoms with E-state index in [2.05, 4.69) is 115 Å². The molecule has 0 saturated heterocycles. The Morgan fingerprint density at radius 1 is 0.356 bits per heavy atom. The van der Waals surface area contributed by atoms with Gasteiger partial charge in [0.05, 0.1) is 0 Å². The van der Waals surface area contributed by atoms with Gasteiger partial charge in [-0.25, -0.2) is 0 Å². The van der Waals surface area contributed by atoms with Crippen LogP contribution in [0.5, 0.6) is 0 Å². The zero-order valence-corrected chi connectivity index (χ0v) is 25.9.